The highest BCUT2D eigenvalue weighted by molar-refractivity contribution is 5.79. The molecule has 0 aromatic heterocycles. The number of benzene rings is 1. The summed E-state index contributed by atoms with van der Waals surface area (Å²) in [4.78, 5) is 14.6. The second-order valence-corrected chi connectivity index (χ2v) is 5.42. The fourth-order valence-electron chi connectivity index (χ4n) is 2.91. The van der Waals surface area contributed by atoms with Crippen LogP contribution in [0.2, 0.25) is 0 Å². The molecule has 1 aliphatic heterocycles. The van der Waals surface area contributed by atoms with E-state index in [-0.39, 0.29) is 5.91 Å². The Kier molecular flexibility index (Phi) is 4.83. The summed E-state index contributed by atoms with van der Waals surface area (Å²) < 4.78 is 0. The van der Waals surface area contributed by atoms with Gasteiger partial charge in [-0.25, -0.2) is 0 Å². The van der Waals surface area contributed by atoms with E-state index in [9.17, 15) is 4.79 Å². The van der Waals surface area contributed by atoms with Gasteiger partial charge < -0.3 is 10.6 Å². The molecule has 0 saturated carbocycles. The van der Waals surface area contributed by atoms with Crippen molar-refractivity contribution >= 4 is 11.6 Å². The zero-order chi connectivity index (χ0) is 13.7. The molecule has 3 nitrogen and oxygen atoms in total. The molecule has 1 fully saturated rings. The SMILES string of the molecule is CCC1CCCCCN1C(=O)Cc1cccc(N)c1. The van der Waals surface area contributed by atoms with E-state index in [1.165, 1.54) is 12.8 Å². The van der Waals surface area contributed by atoms with Crippen LogP contribution in [0.5, 0.6) is 0 Å². The maximum absolute atomic E-state index is 12.5. The predicted molar refractivity (Wildman–Crippen MR) is 78.8 cm³/mol. The normalized spacial score (nSPS) is 20.1. The summed E-state index contributed by atoms with van der Waals surface area (Å²) >= 11 is 0. The van der Waals surface area contributed by atoms with E-state index in [4.69, 9.17) is 5.73 Å². The fraction of sp³-hybridized carbons (Fsp3) is 0.562. The van der Waals surface area contributed by atoms with Gasteiger partial charge in [0.05, 0.1) is 6.42 Å². The van der Waals surface area contributed by atoms with Crippen LogP contribution in [0.15, 0.2) is 24.3 Å². The highest BCUT2D eigenvalue weighted by Crippen LogP contribution is 2.20. The zero-order valence-corrected chi connectivity index (χ0v) is 11.8. The van der Waals surface area contributed by atoms with Crippen molar-refractivity contribution in [1.82, 2.24) is 4.90 Å². The minimum Gasteiger partial charge on any atom is -0.399 e. The predicted octanol–water partition coefficient (Wildman–Crippen LogP) is 2.99. The van der Waals surface area contributed by atoms with E-state index in [1.54, 1.807) is 0 Å². The number of likely N-dealkylation sites (tertiary alicyclic amines) is 1. The molecule has 1 unspecified atom stereocenters. The van der Waals surface area contributed by atoms with Gasteiger partial charge in [0.25, 0.3) is 0 Å². The number of nitrogens with zero attached hydrogens (tertiary/aromatic N) is 1. The fourth-order valence-corrected chi connectivity index (χ4v) is 2.91. The summed E-state index contributed by atoms with van der Waals surface area (Å²) in [5.74, 6) is 0.249. The van der Waals surface area contributed by atoms with E-state index >= 15 is 0 Å². The Morgan fingerprint density at radius 3 is 2.95 bits per heavy atom. The van der Waals surface area contributed by atoms with Gasteiger partial charge in [-0.2, -0.15) is 0 Å². The van der Waals surface area contributed by atoms with Gasteiger partial charge in [-0.3, -0.25) is 4.79 Å². The van der Waals surface area contributed by atoms with Gasteiger partial charge in [0.1, 0.15) is 0 Å². The standard InChI is InChI=1S/C16H24N2O/c1-2-15-9-4-3-5-10-18(15)16(19)12-13-7-6-8-14(17)11-13/h6-8,11,15H,2-5,9-10,12,17H2,1H3. The molecule has 104 valence electrons. The van der Waals surface area contributed by atoms with Crippen LogP contribution < -0.4 is 5.73 Å². The molecule has 3 heteroatoms. The van der Waals surface area contributed by atoms with Crippen LogP contribution in [-0.4, -0.2) is 23.4 Å². The Labute approximate surface area is 115 Å². The number of carbonyl (C=O) groups excluding carboxylic acids is 1. The lowest BCUT2D eigenvalue weighted by Crippen LogP contribution is -2.40. The molecule has 2 N–H and O–H groups in total. The van der Waals surface area contributed by atoms with Crippen LogP contribution in [0.4, 0.5) is 5.69 Å². The van der Waals surface area contributed by atoms with Crippen LogP contribution in [0.3, 0.4) is 0 Å². The maximum Gasteiger partial charge on any atom is 0.227 e. The summed E-state index contributed by atoms with van der Waals surface area (Å²) in [6.07, 6.45) is 6.32. The average molecular weight is 260 g/mol. The van der Waals surface area contributed by atoms with Crippen LogP contribution in [0.1, 0.15) is 44.6 Å². The molecular formula is C16H24N2O. The molecule has 1 saturated heterocycles. The topological polar surface area (TPSA) is 46.3 Å². The van der Waals surface area contributed by atoms with E-state index in [0.29, 0.717) is 12.5 Å². The number of carbonyl (C=O) groups is 1. The van der Waals surface area contributed by atoms with Crippen molar-refractivity contribution in [2.24, 2.45) is 0 Å². The van der Waals surface area contributed by atoms with Crippen LogP contribution >= 0.6 is 0 Å². The highest BCUT2D eigenvalue weighted by atomic mass is 16.2. The van der Waals surface area contributed by atoms with E-state index < -0.39 is 0 Å². The Bertz CT molecular complexity index is 431. The summed E-state index contributed by atoms with van der Waals surface area (Å²) in [5.41, 5.74) is 7.51. The first-order chi connectivity index (χ1) is 9.20. The Morgan fingerprint density at radius 2 is 2.21 bits per heavy atom. The first kappa shape index (κ1) is 13.9. The third-order valence-corrected chi connectivity index (χ3v) is 3.98. The van der Waals surface area contributed by atoms with Crippen molar-refractivity contribution in [1.29, 1.82) is 0 Å². The number of nitrogens with two attached hydrogens (primary N) is 1. The first-order valence-electron chi connectivity index (χ1n) is 7.34. The summed E-state index contributed by atoms with van der Waals surface area (Å²) in [5, 5.41) is 0. The molecule has 0 bridgehead atoms. The molecule has 0 aliphatic carbocycles. The lowest BCUT2D eigenvalue weighted by Gasteiger charge is -2.29. The molecule has 1 aliphatic rings. The monoisotopic (exact) mass is 260 g/mol. The lowest BCUT2D eigenvalue weighted by atomic mass is 10.1. The molecule has 19 heavy (non-hydrogen) atoms. The number of hydrogen-bond acceptors (Lipinski definition) is 2. The molecule has 0 spiro atoms. The van der Waals surface area contributed by atoms with Gasteiger partial charge in [0.15, 0.2) is 0 Å². The lowest BCUT2D eigenvalue weighted by molar-refractivity contribution is -0.132. The smallest absolute Gasteiger partial charge is 0.227 e. The van der Waals surface area contributed by atoms with Crippen LogP contribution in [0, 0.1) is 0 Å². The van der Waals surface area contributed by atoms with E-state index in [0.717, 1.165) is 37.1 Å². The molecular weight excluding hydrogens is 236 g/mol. The Balaban J connectivity index is 2.04. The largest absolute Gasteiger partial charge is 0.399 e. The molecule has 1 aromatic rings. The number of anilines is 1. The van der Waals surface area contributed by atoms with E-state index in [2.05, 4.69) is 11.8 Å². The summed E-state index contributed by atoms with van der Waals surface area (Å²) in [6, 6.07) is 8.08. The Morgan fingerprint density at radius 1 is 1.37 bits per heavy atom. The van der Waals surface area contributed by atoms with Gasteiger partial charge >= 0.3 is 0 Å². The minimum atomic E-state index is 0.249. The molecule has 1 aromatic carbocycles. The van der Waals surface area contributed by atoms with Crippen molar-refractivity contribution in [2.45, 2.75) is 51.5 Å². The summed E-state index contributed by atoms with van der Waals surface area (Å²) in [7, 11) is 0. The van der Waals surface area contributed by atoms with Crippen molar-refractivity contribution in [3.05, 3.63) is 29.8 Å². The molecule has 1 heterocycles. The quantitative estimate of drug-likeness (QED) is 0.849. The van der Waals surface area contributed by atoms with Crippen molar-refractivity contribution < 1.29 is 4.79 Å². The van der Waals surface area contributed by atoms with Gasteiger partial charge in [0.2, 0.25) is 5.91 Å². The number of nitrogen functional groups attached to an aromatic ring is 1. The average Bonchev–Trinajstić information content (AvgIpc) is 2.63. The van der Waals surface area contributed by atoms with Gasteiger partial charge in [0, 0.05) is 18.3 Å². The van der Waals surface area contributed by atoms with Crippen LogP contribution in [0.25, 0.3) is 0 Å². The maximum atomic E-state index is 12.5. The minimum absolute atomic E-state index is 0.249. The van der Waals surface area contributed by atoms with Crippen molar-refractivity contribution in [3.63, 3.8) is 0 Å². The number of rotatable bonds is 3. The first-order valence-corrected chi connectivity index (χ1v) is 7.34. The van der Waals surface area contributed by atoms with Gasteiger partial charge in [-0.15, -0.1) is 0 Å². The van der Waals surface area contributed by atoms with Gasteiger partial charge in [-0.05, 0) is 37.0 Å². The van der Waals surface area contributed by atoms with Crippen molar-refractivity contribution in [2.75, 3.05) is 12.3 Å². The second-order valence-electron chi connectivity index (χ2n) is 5.42. The molecule has 0 radical (unpaired) electrons. The highest BCUT2D eigenvalue weighted by Gasteiger charge is 2.23. The zero-order valence-electron chi connectivity index (χ0n) is 11.8. The molecule has 1 atom stereocenters. The molecule has 2 rings (SSSR count). The molecule has 1 amide bonds. The van der Waals surface area contributed by atoms with Crippen molar-refractivity contribution in [3.8, 4) is 0 Å². The van der Waals surface area contributed by atoms with Gasteiger partial charge in [-0.1, -0.05) is 31.9 Å². The Hall–Kier alpha value is -1.51. The van der Waals surface area contributed by atoms with Crippen LogP contribution in [-0.2, 0) is 11.2 Å². The van der Waals surface area contributed by atoms with E-state index in [1.807, 2.05) is 24.3 Å². The summed E-state index contributed by atoms with van der Waals surface area (Å²) in [6.45, 7) is 3.09. The second kappa shape index (κ2) is 6.60. The third-order valence-electron chi connectivity index (χ3n) is 3.98. The number of amides is 1. The third kappa shape index (κ3) is 3.72. The number of hydrogen-bond donors (Lipinski definition) is 1.